The SMILES string of the molecule is NC(N)=NC(CC(=O)O)c1ccc(I)cc1. The van der Waals surface area contributed by atoms with Crippen molar-refractivity contribution in [1.29, 1.82) is 0 Å². The minimum absolute atomic E-state index is 0.107. The van der Waals surface area contributed by atoms with E-state index in [4.69, 9.17) is 16.6 Å². The molecule has 16 heavy (non-hydrogen) atoms. The van der Waals surface area contributed by atoms with Crippen LogP contribution in [0.5, 0.6) is 0 Å². The molecule has 0 saturated carbocycles. The summed E-state index contributed by atoms with van der Waals surface area (Å²) < 4.78 is 1.07. The maximum atomic E-state index is 10.7. The Morgan fingerprint density at radius 1 is 1.38 bits per heavy atom. The molecule has 0 heterocycles. The Balaban J connectivity index is 2.96. The first-order valence-corrected chi connectivity index (χ1v) is 5.63. The molecule has 0 saturated heterocycles. The highest BCUT2D eigenvalue weighted by atomic mass is 127. The number of aliphatic imine (C=N–C) groups is 1. The van der Waals surface area contributed by atoms with Crippen LogP contribution >= 0.6 is 22.6 Å². The van der Waals surface area contributed by atoms with Crippen LogP contribution in [0.2, 0.25) is 0 Å². The average Bonchev–Trinajstić information content (AvgIpc) is 2.16. The third-order valence-corrected chi connectivity index (χ3v) is 2.65. The standard InChI is InChI=1S/C10H12IN3O2/c11-7-3-1-6(2-4-7)8(5-9(15)16)14-10(12)13/h1-4,8H,5H2,(H,15,16)(H4,12,13,14). The van der Waals surface area contributed by atoms with Crippen molar-refractivity contribution in [3.8, 4) is 0 Å². The molecule has 1 aromatic rings. The van der Waals surface area contributed by atoms with E-state index < -0.39 is 12.0 Å². The molecule has 0 fully saturated rings. The molecule has 0 aliphatic rings. The molecule has 5 N–H and O–H groups in total. The number of carboxylic acid groups (broad SMARTS) is 1. The molecular formula is C10H12IN3O2. The number of carboxylic acids is 1. The first kappa shape index (κ1) is 12.8. The number of hydrogen-bond acceptors (Lipinski definition) is 2. The molecule has 1 atom stereocenters. The highest BCUT2D eigenvalue weighted by Crippen LogP contribution is 2.22. The first-order valence-electron chi connectivity index (χ1n) is 4.55. The molecule has 5 nitrogen and oxygen atoms in total. The van der Waals surface area contributed by atoms with Crippen molar-refractivity contribution in [3.05, 3.63) is 33.4 Å². The van der Waals surface area contributed by atoms with Gasteiger partial charge in [0.25, 0.3) is 0 Å². The zero-order valence-electron chi connectivity index (χ0n) is 8.43. The van der Waals surface area contributed by atoms with Gasteiger partial charge in [-0.3, -0.25) is 4.79 Å². The van der Waals surface area contributed by atoms with E-state index in [1.165, 1.54) is 0 Å². The summed E-state index contributed by atoms with van der Waals surface area (Å²) in [5.41, 5.74) is 11.3. The number of rotatable bonds is 4. The van der Waals surface area contributed by atoms with Crippen molar-refractivity contribution in [2.24, 2.45) is 16.5 Å². The summed E-state index contributed by atoms with van der Waals surface area (Å²) in [5, 5.41) is 8.76. The molecule has 0 bridgehead atoms. The van der Waals surface area contributed by atoms with Gasteiger partial charge in [-0.25, -0.2) is 4.99 Å². The Hall–Kier alpha value is -1.31. The van der Waals surface area contributed by atoms with Gasteiger partial charge >= 0.3 is 5.97 Å². The van der Waals surface area contributed by atoms with Gasteiger partial charge in [-0.1, -0.05) is 12.1 Å². The number of halogens is 1. The van der Waals surface area contributed by atoms with Crippen LogP contribution in [0, 0.1) is 3.57 Å². The Morgan fingerprint density at radius 3 is 2.38 bits per heavy atom. The quantitative estimate of drug-likeness (QED) is 0.436. The second-order valence-electron chi connectivity index (χ2n) is 3.22. The summed E-state index contributed by atoms with van der Waals surface area (Å²) in [5.74, 6) is -1.04. The van der Waals surface area contributed by atoms with E-state index in [1.807, 2.05) is 24.3 Å². The van der Waals surface area contributed by atoms with Crippen molar-refractivity contribution in [3.63, 3.8) is 0 Å². The Labute approximate surface area is 107 Å². The van der Waals surface area contributed by atoms with Gasteiger partial charge in [0, 0.05) is 3.57 Å². The molecule has 0 radical (unpaired) electrons. The van der Waals surface area contributed by atoms with Crippen LogP contribution in [0.15, 0.2) is 29.3 Å². The molecule has 86 valence electrons. The molecule has 0 aliphatic carbocycles. The molecule has 1 rings (SSSR count). The van der Waals surface area contributed by atoms with Crippen LogP contribution in [-0.4, -0.2) is 17.0 Å². The molecular weight excluding hydrogens is 321 g/mol. The summed E-state index contributed by atoms with van der Waals surface area (Å²) in [4.78, 5) is 14.6. The number of carbonyl (C=O) groups is 1. The highest BCUT2D eigenvalue weighted by molar-refractivity contribution is 14.1. The molecule has 0 spiro atoms. The van der Waals surface area contributed by atoms with Crippen LogP contribution < -0.4 is 11.5 Å². The van der Waals surface area contributed by atoms with Crippen molar-refractivity contribution in [2.75, 3.05) is 0 Å². The number of guanidine groups is 1. The van der Waals surface area contributed by atoms with Gasteiger partial charge in [0.2, 0.25) is 0 Å². The third-order valence-electron chi connectivity index (χ3n) is 1.93. The second kappa shape index (κ2) is 5.69. The highest BCUT2D eigenvalue weighted by Gasteiger charge is 2.14. The lowest BCUT2D eigenvalue weighted by molar-refractivity contribution is -0.137. The smallest absolute Gasteiger partial charge is 0.305 e. The maximum absolute atomic E-state index is 10.7. The van der Waals surface area contributed by atoms with Gasteiger partial charge in [0.1, 0.15) is 0 Å². The largest absolute Gasteiger partial charge is 0.481 e. The molecule has 0 amide bonds. The zero-order chi connectivity index (χ0) is 12.1. The van der Waals surface area contributed by atoms with E-state index in [9.17, 15) is 4.79 Å². The minimum Gasteiger partial charge on any atom is -0.481 e. The lowest BCUT2D eigenvalue weighted by Gasteiger charge is -2.10. The van der Waals surface area contributed by atoms with E-state index in [0.29, 0.717) is 0 Å². The van der Waals surface area contributed by atoms with Gasteiger partial charge in [-0.15, -0.1) is 0 Å². The average molecular weight is 333 g/mol. The van der Waals surface area contributed by atoms with Gasteiger partial charge in [-0.2, -0.15) is 0 Å². The Bertz CT molecular complexity index is 399. The lowest BCUT2D eigenvalue weighted by atomic mass is 10.0. The summed E-state index contributed by atoms with van der Waals surface area (Å²) in [6.45, 7) is 0. The Morgan fingerprint density at radius 2 is 1.94 bits per heavy atom. The number of benzene rings is 1. The summed E-state index contributed by atoms with van der Waals surface area (Å²) in [7, 11) is 0. The molecule has 0 aliphatic heterocycles. The van der Waals surface area contributed by atoms with Crippen LogP contribution in [0.1, 0.15) is 18.0 Å². The summed E-state index contributed by atoms with van der Waals surface area (Å²) in [6.07, 6.45) is -0.126. The van der Waals surface area contributed by atoms with Crippen molar-refractivity contribution < 1.29 is 9.90 Å². The van der Waals surface area contributed by atoms with Crippen LogP contribution in [0.4, 0.5) is 0 Å². The molecule has 1 aromatic carbocycles. The Kier molecular flexibility index (Phi) is 4.53. The number of aliphatic carboxylic acids is 1. The first-order chi connectivity index (χ1) is 7.49. The topological polar surface area (TPSA) is 102 Å². The number of hydrogen-bond donors (Lipinski definition) is 3. The van der Waals surface area contributed by atoms with Gasteiger partial charge < -0.3 is 16.6 Å². The fraction of sp³-hybridized carbons (Fsp3) is 0.200. The second-order valence-corrected chi connectivity index (χ2v) is 4.46. The normalized spacial score (nSPS) is 11.8. The monoisotopic (exact) mass is 333 g/mol. The summed E-state index contributed by atoms with van der Waals surface area (Å²) in [6, 6.07) is 6.88. The van der Waals surface area contributed by atoms with Crippen molar-refractivity contribution in [2.45, 2.75) is 12.5 Å². The van der Waals surface area contributed by atoms with Crippen LogP contribution in [-0.2, 0) is 4.79 Å². The fourth-order valence-corrected chi connectivity index (χ4v) is 1.63. The molecule has 6 heteroatoms. The van der Waals surface area contributed by atoms with Crippen molar-refractivity contribution in [1.82, 2.24) is 0 Å². The number of nitrogens with two attached hydrogens (primary N) is 2. The third kappa shape index (κ3) is 4.05. The van der Waals surface area contributed by atoms with E-state index in [2.05, 4.69) is 27.6 Å². The van der Waals surface area contributed by atoms with E-state index >= 15 is 0 Å². The van der Waals surface area contributed by atoms with Gasteiger partial charge in [0.05, 0.1) is 12.5 Å². The van der Waals surface area contributed by atoms with E-state index in [0.717, 1.165) is 9.13 Å². The van der Waals surface area contributed by atoms with E-state index in [1.54, 1.807) is 0 Å². The summed E-state index contributed by atoms with van der Waals surface area (Å²) >= 11 is 2.17. The van der Waals surface area contributed by atoms with Gasteiger partial charge in [-0.05, 0) is 40.3 Å². The van der Waals surface area contributed by atoms with Gasteiger partial charge in [0.15, 0.2) is 5.96 Å². The maximum Gasteiger partial charge on any atom is 0.305 e. The predicted molar refractivity (Wildman–Crippen MR) is 70.0 cm³/mol. The zero-order valence-corrected chi connectivity index (χ0v) is 10.6. The predicted octanol–water partition coefficient (Wildman–Crippen LogP) is 1.08. The van der Waals surface area contributed by atoms with Crippen molar-refractivity contribution >= 4 is 34.5 Å². The van der Waals surface area contributed by atoms with E-state index in [-0.39, 0.29) is 12.4 Å². The van der Waals surface area contributed by atoms with Crippen LogP contribution in [0.25, 0.3) is 0 Å². The molecule has 0 aromatic heterocycles. The van der Waals surface area contributed by atoms with Crippen LogP contribution in [0.3, 0.4) is 0 Å². The number of nitrogens with zero attached hydrogens (tertiary/aromatic N) is 1. The fourth-order valence-electron chi connectivity index (χ4n) is 1.27. The molecule has 1 unspecified atom stereocenters. The minimum atomic E-state index is -0.937. The lowest BCUT2D eigenvalue weighted by Crippen LogP contribution is -2.24.